The zero-order chi connectivity index (χ0) is 17.6. The molecule has 132 valence electrons. The van der Waals surface area contributed by atoms with Crippen LogP contribution in [0.2, 0.25) is 0 Å². The summed E-state index contributed by atoms with van der Waals surface area (Å²) in [6, 6.07) is 9.32. The number of hydrogen-bond donors (Lipinski definition) is 2. The molecule has 1 aromatic rings. The fourth-order valence-electron chi connectivity index (χ4n) is 2.56. The molecule has 0 bridgehead atoms. The van der Waals surface area contributed by atoms with Gasteiger partial charge in [0.1, 0.15) is 5.75 Å². The molecule has 2 rings (SSSR count). The molecule has 6 nitrogen and oxygen atoms in total. The normalized spacial score (nSPS) is 15.7. The summed E-state index contributed by atoms with van der Waals surface area (Å²) in [5.74, 6) is 0.553. The van der Waals surface area contributed by atoms with Crippen molar-refractivity contribution in [3.05, 3.63) is 30.3 Å². The zero-order valence-corrected chi connectivity index (χ0v) is 14.7. The number of nitrogens with zero attached hydrogens (tertiary/aromatic N) is 1. The first kappa shape index (κ1) is 18.1. The number of amides is 3. The van der Waals surface area contributed by atoms with Gasteiger partial charge in [0, 0.05) is 24.7 Å². The lowest BCUT2D eigenvalue weighted by Gasteiger charge is -2.34. The SMILES string of the molecule is CC(C)(C)NC(=O)N1CCC(NC(=O)COc2ccccc2)CC1. The van der Waals surface area contributed by atoms with Crippen molar-refractivity contribution < 1.29 is 14.3 Å². The Bertz CT molecular complexity index is 546. The number of ether oxygens (including phenoxy) is 1. The van der Waals surface area contributed by atoms with Crippen molar-refractivity contribution in [1.82, 2.24) is 15.5 Å². The summed E-state index contributed by atoms with van der Waals surface area (Å²) < 4.78 is 5.44. The third-order valence-electron chi connectivity index (χ3n) is 3.74. The van der Waals surface area contributed by atoms with Crippen LogP contribution in [0.1, 0.15) is 33.6 Å². The first-order chi connectivity index (χ1) is 11.3. The molecule has 2 N–H and O–H groups in total. The van der Waals surface area contributed by atoms with Gasteiger partial charge < -0.3 is 20.3 Å². The second kappa shape index (κ2) is 8.04. The van der Waals surface area contributed by atoms with Gasteiger partial charge in [-0.1, -0.05) is 18.2 Å². The standard InChI is InChI=1S/C18H27N3O3/c1-18(2,3)20-17(23)21-11-9-14(10-12-21)19-16(22)13-24-15-7-5-4-6-8-15/h4-8,14H,9-13H2,1-3H3,(H,19,22)(H,20,23). The van der Waals surface area contributed by atoms with Crippen molar-refractivity contribution in [2.24, 2.45) is 0 Å². The predicted molar refractivity (Wildman–Crippen MR) is 93.0 cm³/mol. The Labute approximate surface area is 143 Å². The van der Waals surface area contributed by atoms with Crippen molar-refractivity contribution in [1.29, 1.82) is 0 Å². The Kier molecular flexibility index (Phi) is 6.06. The van der Waals surface area contributed by atoms with Crippen molar-refractivity contribution in [2.45, 2.75) is 45.2 Å². The van der Waals surface area contributed by atoms with Gasteiger partial charge in [-0.25, -0.2) is 4.79 Å². The smallest absolute Gasteiger partial charge is 0.317 e. The summed E-state index contributed by atoms with van der Waals surface area (Å²) in [5, 5.41) is 5.94. The number of piperidine rings is 1. The molecule has 1 saturated heterocycles. The highest BCUT2D eigenvalue weighted by atomic mass is 16.5. The molecule has 1 fully saturated rings. The minimum atomic E-state index is -0.239. The van der Waals surface area contributed by atoms with Crippen LogP contribution >= 0.6 is 0 Å². The maximum Gasteiger partial charge on any atom is 0.317 e. The molecule has 0 unspecified atom stereocenters. The van der Waals surface area contributed by atoms with Crippen LogP contribution in [0.15, 0.2) is 30.3 Å². The second-order valence-corrected chi connectivity index (χ2v) is 7.11. The van der Waals surface area contributed by atoms with Gasteiger partial charge in [0.25, 0.3) is 5.91 Å². The summed E-state index contributed by atoms with van der Waals surface area (Å²) in [5.41, 5.74) is -0.239. The largest absolute Gasteiger partial charge is 0.484 e. The molecule has 0 atom stereocenters. The van der Waals surface area contributed by atoms with Crippen LogP contribution in [0.3, 0.4) is 0 Å². The highest BCUT2D eigenvalue weighted by Gasteiger charge is 2.25. The van der Waals surface area contributed by atoms with Gasteiger partial charge in [0.2, 0.25) is 0 Å². The average Bonchev–Trinajstić information content (AvgIpc) is 2.53. The quantitative estimate of drug-likeness (QED) is 0.887. The molecule has 1 aliphatic rings. The Hall–Kier alpha value is -2.24. The number of carbonyl (C=O) groups excluding carboxylic acids is 2. The van der Waals surface area contributed by atoms with E-state index in [1.807, 2.05) is 51.1 Å². The maximum absolute atomic E-state index is 12.1. The van der Waals surface area contributed by atoms with Crippen LogP contribution in [0.4, 0.5) is 4.79 Å². The second-order valence-electron chi connectivity index (χ2n) is 7.11. The van der Waals surface area contributed by atoms with E-state index in [1.54, 1.807) is 4.90 Å². The minimum absolute atomic E-state index is 0.00867. The van der Waals surface area contributed by atoms with Gasteiger partial charge in [-0.2, -0.15) is 0 Å². The predicted octanol–water partition coefficient (Wildman–Crippen LogP) is 2.15. The summed E-state index contributed by atoms with van der Waals surface area (Å²) in [4.78, 5) is 25.9. The maximum atomic E-state index is 12.1. The highest BCUT2D eigenvalue weighted by Crippen LogP contribution is 2.12. The lowest BCUT2D eigenvalue weighted by atomic mass is 10.0. The fraction of sp³-hybridized carbons (Fsp3) is 0.556. The number of rotatable bonds is 4. The first-order valence-electron chi connectivity index (χ1n) is 8.38. The number of nitrogens with one attached hydrogen (secondary N) is 2. The van der Waals surface area contributed by atoms with Crippen LogP contribution in [0.25, 0.3) is 0 Å². The summed E-state index contributed by atoms with van der Waals surface area (Å²) in [6.07, 6.45) is 1.52. The highest BCUT2D eigenvalue weighted by molar-refractivity contribution is 5.78. The summed E-state index contributed by atoms with van der Waals surface area (Å²) >= 11 is 0. The van der Waals surface area contributed by atoms with Crippen LogP contribution in [0.5, 0.6) is 5.75 Å². The van der Waals surface area contributed by atoms with E-state index >= 15 is 0 Å². The van der Waals surface area contributed by atoms with E-state index in [2.05, 4.69) is 10.6 Å². The van der Waals surface area contributed by atoms with Crippen molar-refractivity contribution >= 4 is 11.9 Å². The number of para-hydroxylation sites is 1. The van der Waals surface area contributed by atoms with Crippen LogP contribution in [-0.4, -0.2) is 48.1 Å². The fourth-order valence-corrected chi connectivity index (χ4v) is 2.56. The van der Waals surface area contributed by atoms with E-state index in [4.69, 9.17) is 4.74 Å². The molecule has 1 aliphatic heterocycles. The van der Waals surface area contributed by atoms with Gasteiger partial charge in [0.05, 0.1) is 0 Å². The van der Waals surface area contributed by atoms with Gasteiger partial charge in [-0.15, -0.1) is 0 Å². The van der Waals surface area contributed by atoms with E-state index in [-0.39, 0.29) is 30.1 Å². The van der Waals surface area contributed by atoms with Gasteiger partial charge in [-0.3, -0.25) is 4.79 Å². The number of likely N-dealkylation sites (tertiary alicyclic amines) is 1. The van der Waals surface area contributed by atoms with Gasteiger partial charge in [-0.05, 0) is 45.7 Å². The molecular formula is C18H27N3O3. The van der Waals surface area contributed by atoms with E-state index in [0.717, 1.165) is 12.8 Å². The van der Waals surface area contributed by atoms with Crippen LogP contribution < -0.4 is 15.4 Å². The molecule has 0 saturated carbocycles. The molecule has 3 amide bonds. The number of urea groups is 1. The van der Waals surface area contributed by atoms with Crippen LogP contribution in [0, 0.1) is 0 Å². The molecular weight excluding hydrogens is 306 g/mol. The van der Waals surface area contributed by atoms with E-state index in [9.17, 15) is 9.59 Å². The van der Waals surface area contributed by atoms with E-state index < -0.39 is 0 Å². The number of hydrogen-bond acceptors (Lipinski definition) is 3. The molecule has 0 aliphatic carbocycles. The first-order valence-corrected chi connectivity index (χ1v) is 8.38. The topological polar surface area (TPSA) is 70.7 Å². The average molecular weight is 333 g/mol. The Balaban J connectivity index is 1.69. The monoisotopic (exact) mass is 333 g/mol. The zero-order valence-electron chi connectivity index (χ0n) is 14.7. The van der Waals surface area contributed by atoms with Gasteiger partial charge in [0.15, 0.2) is 6.61 Å². The Morgan fingerprint density at radius 2 is 1.79 bits per heavy atom. The van der Waals surface area contributed by atoms with E-state index in [1.165, 1.54) is 0 Å². The van der Waals surface area contributed by atoms with Gasteiger partial charge >= 0.3 is 6.03 Å². The minimum Gasteiger partial charge on any atom is -0.484 e. The van der Waals surface area contributed by atoms with Crippen molar-refractivity contribution in [3.63, 3.8) is 0 Å². The Morgan fingerprint density at radius 1 is 1.17 bits per heavy atom. The molecule has 0 aromatic heterocycles. The molecule has 1 heterocycles. The number of carbonyl (C=O) groups is 2. The van der Waals surface area contributed by atoms with E-state index in [0.29, 0.717) is 18.8 Å². The van der Waals surface area contributed by atoms with Crippen molar-refractivity contribution in [3.8, 4) is 5.75 Å². The van der Waals surface area contributed by atoms with Crippen molar-refractivity contribution in [2.75, 3.05) is 19.7 Å². The molecule has 0 spiro atoms. The molecule has 0 radical (unpaired) electrons. The summed E-state index contributed by atoms with van der Waals surface area (Å²) in [7, 11) is 0. The number of benzene rings is 1. The molecule has 6 heteroatoms. The lowest BCUT2D eigenvalue weighted by molar-refractivity contribution is -0.124. The lowest BCUT2D eigenvalue weighted by Crippen LogP contribution is -2.53. The summed E-state index contributed by atoms with van der Waals surface area (Å²) in [6.45, 7) is 7.19. The van der Waals surface area contributed by atoms with Crippen LogP contribution in [-0.2, 0) is 4.79 Å². The molecule has 1 aromatic carbocycles. The molecule has 24 heavy (non-hydrogen) atoms. The Morgan fingerprint density at radius 3 is 2.38 bits per heavy atom. The third-order valence-corrected chi connectivity index (χ3v) is 3.74. The third kappa shape index (κ3) is 6.10.